The lowest BCUT2D eigenvalue weighted by molar-refractivity contribution is -0.117. The number of carbonyl (C=O) groups is 1. The number of nitrogens with one attached hydrogen (secondary N) is 1. The molecule has 0 aliphatic carbocycles. The maximum atomic E-state index is 12.4. The summed E-state index contributed by atoms with van der Waals surface area (Å²) in [5.74, 6) is -0.135. The number of benzene rings is 2. The largest absolute Gasteiger partial charge is 0.322 e. The fraction of sp³-hybridized carbons (Fsp3) is 0.278. The molecule has 0 radical (unpaired) electrons. The van der Waals surface area contributed by atoms with Gasteiger partial charge in [-0.25, -0.2) is 0 Å². The number of halogens is 2. The number of hydrogen-bond donors (Lipinski definition) is 1. The lowest BCUT2D eigenvalue weighted by atomic mass is 10.2. The van der Waals surface area contributed by atoms with Crippen molar-refractivity contribution in [1.82, 2.24) is 4.90 Å². The molecule has 1 N–H and O–H groups in total. The van der Waals surface area contributed by atoms with E-state index < -0.39 is 0 Å². The number of rotatable bonds is 6. The molecule has 0 heterocycles. The molecule has 0 spiro atoms. The fourth-order valence-corrected chi connectivity index (χ4v) is 2.71. The van der Waals surface area contributed by atoms with Crippen molar-refractivity contribution < 1.29 is 4.79 Å². The summed E-state index contributed by atoms with van der Waals surface area (Å²) in [6.07, 6.45) is 0. The van der Waals surface area contributed by atoms with Gasteiger partial charge in [0.15, 0.2) is 0 Å². The molecule has 0 unspecified atom stereocenters. The summed E-state index contributed by atoms with van der Waals surface area (Å²) in [5.41, 5.74) is 1.63. The van der Waals surface area contributed by atoms with Crippen LogP contribution in [0.1, 0.15) is 19.4 Å². The Hall–Kier alpha value is -1.55. The van der Waals surface area contributed by atoms with Crippen molar-refractivity contribution in [1.29, 1.82) is 0 Å². The Morgan fingerprint density at radius 1 is 1.04 bits per heavy atom. The molecule has 0 aromatic heterocycles. The average molecular weight is 351 g/mol. The van der Waals surface area contributed by atoms with Crippen LogP contribution in [0, 0.1) is 0 Å². The zero-order chi connectivity index (χ0) is 16.8. The Morgan fingerprint density at radius 2 is 1.65 bits per heavy atom. The second-order valence-electron chi connectivity index (χ2n) is 5.63. The van der Waals surface area contributed by atoms with Gasteiger partial charge in [-0.05, 0) is 31.5 Å². The maximum Gasteiger partial charge on any atom is 0.238 e. The van der Waals surface area contributed by atoms with Crippen molar-refractivity contribution in [2.24, 2.45) is 0 Å². The number of amides is 1. The number of para-hydroxylation sites is 1. The highest BCUT2D eigenvalue weighted by atomic mass is 35.5. The van der Waals surface area contributed by atoms with E-state index in [4.69, 9.17) is 23.2 Å². The topological polar surface area (TPSA) is 32.3 Å². The Balaban J connectivity index is 2.04. The summed E-state index contributed by atoms with van der Waals surface area (Å²) in [5, 5.41) is 3.68. The van der Waals surface area contributed by atoms with Gasteiger partial charge in [-0.1, -0.05) is 59.6 Å². The third-order valence-corrected chi connectivity index (χ3v) is 4.16. The average Bonchev–Trinajstić information content (AvgIpc) is 2.51. The van der Waals surface area contributed by atoms with Crippen molar-refractivity contribution in [3.8, 4) is 0 Å². The van der Waals surface area contributed by atoms with Gasteiger partial charge in [0.25, 0.3) is 0 Å². The molecule has 2 rings (SSSR count). The Kier molecular flexibility index (Phi) is 6.46. The Labute approximate surface area is 147 Å². The first kappa shape index (κ1) is 17.8. The van der Waals surface area contributed by atoms with Crippen LogP contribution in [-0.2, 0) is 11.3 Å². The fourth-order valence-electron chi connectivity index (χ4n) is 2.22. The highest BCUT2D eigenvalue weighted by molar-refractivity contribution is 6.39. The summed E-state index contributed by atoms with van der Waals surface area (Å²) in [4.78, 5) is 14.4. The molecular formula is C18H20Cl2N2O. The van der Waals surface area contributed by atoms with Crippen molar-refractivity contribution in [3.63, 3.8) is 0 Å². The molecule has 122 valence electrons. The molecule has 0 atom stereocenters. The molecular weight excluding hydrogens is 331 g/mol. The zero-order valence-electron chi connectivity index (χ0n) is 13.2. The molecule has 0 aliphatic rings. The summed E-state index contributed by atoms with van der Waals surface area (Å²) >= 11 is 12.2. The summed E-state index contributed by atoms with van der Waals surface area (Å²) in [7, 11) is 0. The molecule has 3 nitrogen and oxygen atoms in total. The third-order valence-electron chi connectivity index (χ3n) is 3.53. The van der Waals surface area contributed by atoms with Gasteiger partial charge >= 0.3 is 0 Å². The highest BCUT2D eigenvalue weighted by Gasteiger charge is 2.16. The van der Waals surface area contributed by atoms with Gasteiger partial charge in [0, 0.05) is 12.6 Å². The Bertz CT molecular complexity index is 639. The van der Waals surface area contributed by atoms with E-state index >= 15 is 0 Å². The summed E-state index contributed by atoms with van der Waals surface area (Å²) in [6, 6.07) is 15.5. The molecule has 0 aliphatic heterocycles. The number of nitrogens with zero attached hydrogens (tertiary/aromatic N) is 1. The van der Waals surface area contributed by atoms with Gasteiger partial charge in [-0.2, -0.15) is 0 Å². The second-order valence-corrected chi connectivity index (χ2v) is 6.44. The molecule has 23 heavy (non-hydrogen) atoms. The monoisotopic (exact) mass is 350 g/mol. The normalized spacial score (nSPS) is 11.0. The molecule has 2 aromatic rings. The van der Waals surface area contributed by atoms with Crippen LogP contribution in [0.5, 0.6) is 0 Å². The van der Waals surface area contributed by atoms with E-state index in [-0.39, 0.29) is 18.5 Å². The quantitative estimate of drug-likeness (QED) is 0.807. The van der Waals surface area contributed by atoms with Crippen molar-refractivity contribution >= 4 is 34.8 Å². The summed E-state index contributed by atoms with van der Waals surface area (Å²) in [6.45, 7) is 5.12. The minimum absolute atomic E-state index is 0.135. The summed E-state index contributed by atoms with van der Waals surface area (Å²) < 4.78 is 0. The van der Waals surface area contributed by atoms with E-state index in [1.54, 1.807) is 18.2 Å². The predicted molar refractivity (Wildman–Crippen MR) is 97.1 cm³/mol. The minimum atomic E-state index is -0.135. The molecule has 1 amide bonds. The maximum absolute atomic E-state index is 12.4. The van der Waals surface area contributed by atoms with Crippen LogP contribution in [-0.4, -0.2) is 23.4 Å². The van der Waals surface area contributed by atoms with Crippen LogP contribution in [0.3, 0.4) is 0 Å². The van der Waals surface area contributed by atoms with Crippen molar-refractivity contribution in [3.05, 3.63) is 64.1 Å². The van der Waals surface area contributed by atoms with Crippen molar-refractivity contribution in [2.45, 2.75) is 26.4 Å². The number of anilines is 1. The first-order chi connectivity index (χ1) is 11.0. The SMILES string of the molecule is CC(C)N(CC(=O)Nc1c(Cl)cccc1Cl)Cc1ccccc1. The van der Waals surface area contributed by atoms with E-state index in [1.165, 1.54) is 5.56 Å². The second kappa shape index (κ2) is 8.34. The van der Waals surface area contributed by atoms with E-state index in [0.717, 1.165) is 0 Å². The zero-order valence-corrected chi connectivity index (χ0v) is 14.7. The lowest BCUT2D eigenvalue weighted by Gasteiger charge is -2.26. The molecule has 0 fully saturated rings. The first-order valence-corrected chi connectivity index (χ1v) is 8.25. The van der Waals surface area contributed by atoms with Crippen LogP contribution < -0.4 is 5.32 Å². The Morgan fingerprint density at radius 3 is 2.22 bits per heavy atom. The third kappa shape index (κ3) is 5.24. The predicted octanol–water partition coefficient (Wildman–Crippen LogP) is 4.84. The van der Waals surface area contributed by atoms with E-state index in [2.05, 4.69) is 36.2 Å². The van der Waals surface area contributed by atoms with Crippen LogP contribution in [0.25, 0.3) is 0 Å². The standard InChI is InChI=1S/C18H20Cl2N2O/c1-13(2)22(11-14-7-4-3-5-8-14)12-17(23)21-18-15(19)9-6-10-16(18)20/h3-10,13H,11-12H2,1-2H3,(H,21,23). The van der Waals surface area contributed by atoms with Gasteiger partial charge < -0.3 is 5.32 Å². The van der Waals surface area contributed by atoms with Gasteiger partial charge in [0.2, 0.25) is 5.91 Å². The molecule has 2 aromatic carbocycles. The van der Waals surface area contributed by atoms with Crippen molar-refractivity contribution in [2.75, 3.05) is 11.9 Å². The molecule has 0 saturated heterocycles. The number of carbonyl (C=O) groups excluding carboxylic acids is 1. The van der Waals surface area contributed by atoms with Crippen LogP contribution in [0.2, 0.25) is 10.0 Å². The van der Waals surface area contributed by atoms with Gasteiger partial charge in [0.1, 0.15) is 0 Å². The van der Waals surface area contributed by atoms with Crippen LogP contribution in [0.4, 0.5) is 5.69 Å². The van der Waals surface area contributed by atoms with Gasteiger partial charge in [0.05, 0.1) is 22.3 Å². The molecule has 5 heteroatoms. The first-order valence-electron chi connectivity index (χ1n) is 7.49. The van der Waals surface area contributed by atoms with Gasteiger partial charge in [-0.3, -0.25) is 9.69 Å². The number of hydrogen-bond acceptors (Lipinski definition) is 2. The van der Waals surface area contributed by atoms with E-state index in [0.29, 0.717) is 22.3 Å². The van der Waals surface area contributed by atoms with E-state index in [1.807, 2.05) is 18.2 Å². The highest BCUT2D eigenvalue weighted by Crippen LogP contribution is 2.29. The van der Waals surface area contributed by atoms with E-state index in [9.17, 15) is 4.79 Å². The molecule has 0 saturated carbocycles. The smallest absolute Gasteiger partial charge is 0.238 e. The van der Waals surface area contributed by atoms with Crippen LogP contribution in [0.15, 0.2) is 48.5 Å². The van der Waals surface area contributed by atoms with Gasteiger partial charge in [-0.15, -0.1) is 0 Å². The van der Waals surface area contributed by atoms with Crippen LogP contribution >= 0.6 is 23.2 Å². The molecule has 0 bridgehead atoms. The lowest BCUT2D eigenvalue weighted by Crippen LogP contribution is -2.37. The minimum Gasteiger partial charge on any atom is -0.322 e.